The summed E-state index contributed by atoms with van der Waals surface area (Å²) in [6.07, 6.45) is 1.21. The van der Waals surface area contributed by atoms with E-state index in [0.29, 0.717) is 18.8 Å². The third-order valence-electron chi connectivity index (χ3n) is 3.30. The molecule has 1 aromatic carbocycles. The summed E-state index contributed by atoms with van der Waals surface area (Å²) in [5.41, 5.74) is 6.60. The predicted octanol–water partition coefficient (Wildman–Crippen LogP) is 2.41. The summed E-state index contributed by atoms with van der Waals surface area (Å²) in [4.78, 5) is 0. The predicted molar refractivity (Wildman–Crippen MR) is 67.7 cm³/mol. The van der Waals surface area contributed by atoms with Crippen LogP contribution in [0.3, 0.4) is 0 Å². The highest BCUT2D eigenvalue weighted by Crippen LogP contribution is 2.27. The summed E-state index contributed by atoms with van der Waals surface area (Å²) in [6, 6.07) is 6.46. The average Bonchev–Trinajstić information content (AvgIpc) is 2.89. The molecule has 0 aliphatic carbocycles. The molecule has 3 atom stereocenters. The van der Waals surface area contributed by atoms with Gasteiger partial charge in [0, 0.05) is 18.2 Å². The third-order valence-corrected chi connectivity index (χ3v) is 3.30. The lowest BCUT2D eigenvalue weighted by atomic mass is 10.00. The lowest BCUT2D eigenvalue weighted by Crippen LogP contribution is -2.33. The fourth-order valence-corrected chi connectivity index (χ4v) is 2.15. The Labute approximate surface area is 107 Å². The van der Waals surface area contributed by atoms with Gasteiger partial charge in [-0.3, -0.25) is 0 Å². The fraction of sp³-hybridized carbons (Fsp3) is 0.571. The van der Waals surface area contributed by atoms with Gasteiger partial charge in [0.2, 0.25) is 0 Å². The molecular weight excluding hydrogens is 233 g/mol. The molecule has 1 fully saturated rings. The molecule has 0 amide bonds. The second-order valence-corrected chi connectivity index (χ2v) is 4.64. The van der Waals surface area contributed by atoms with Crippen LogP contribution in [-0.2, 0) is 9.47 Å². The second-order valence-electron chi connectivity index (χ2n) is 4.64. The Balaban J connectivity index is 2.16. The van der Waals surface area contributed by atoms with E-state index in [-0.39, 0.29) is 18.0 Å². The van der Waals surface area contributed by atoms with Crippen molar-refractivity contribution in [3.05, 3.63) is 35.6 Å². The molecule has 100 valence electrons. The van der Waals surface area contributed by atoms with Crippen LogP contribution in [0.1, 0.15) is 31.4 Å². The van der Waals surface area contributed by atoms with Crippen LogP contribution in [0.2, 0.25) is 0 Å². The molecule has 1 aromatic rings. The van der Waals surface area contributed by atoms with Crippen LogP contribution in [0, 0.1) is 5.82 Å². The van der Waals surface area contributed by atoms with Crippen LogP contribution in [-0.4, -0.2) is 25.4 Å². The van der Waals surface area contributed by atoms with Crippen molar-refractivity contribution in [3.63, 3.8) is 0 Å². The number of rotatable bonds is 5. The van der Waals surface area contributed by atoms with Crippen LogP contribution in [0.4, 0.5) is 4.39 Å². The summed E-state index contributed by atoms with van der Waals surface area (Å²) in [6.45, 7) is 3.25. The van der Waals surface area contributed by atoms with E-state index in [2.05, 4.69) is 0 Å². The van der Waals surface area contributed by atoms with Crippen molar-refractivity contribution in [2.45, 2.75) is 38.0 Å². The molecule has 0 aromatic heterocycles. The normalized spacial score (nSPS) is 22.9. The highest BCUT2D eigenvalue weighted by molar-refractivity contribution is 5.21. The first-order chi connectivity index (χ1) is 8.72. The van der Waals surface area contributed by atoms with E-state index >= 15 is 0 Å². The molecule has 0 saturated carbocycles. The maximum Gasteiger partial charge on any atom is 0.129 e. The number of hydrogen-bond donors (Lipinski definition) is 1. The highest BCUT2D eigenvalue weighted by Gasteiger charge is 2.27. The van der Waals surface area contributed by atoms with Gasteiger partial charge in [-0.1, -0.05) is 25.1 Å². The average molecular weight is 253 g/mol. The molecule has 0 radical (unpaired) electrons. The molecule has 3 unspecified atom stereocenters. The molecule has 4 heteroatoms. The van der Waals surface area contributed by atoms with Gasteiger partial charge in [-0.15, -0.1) is 0 Å². The fourth-order valence-electron chi connectivity index (χ4n) is 2.15. The summed E-state index contributed by atoms with van der Waals surface area (Å²) in [5.74, 6) is -0.259. The first-order valence-electron chi connectivity index (χ1n) is 6.45. The molecule has 1 aliphatic rings. The van der Waals surface area contributed by atoms with Gasteiger partial charge >= 0.3 is 0 Å². The zero-order valence-corrected chi connectivity index (χ0v) is 10.6. The Bertz CT molecular complexity index is 380. The minimum absolute atomic E-state index is 0.0206. The lowest BCUT2D eigenvalue weighted by Gasteiger charge is -2.26. The minimum Gasteiger partial charge on any atom is -0.379 e. The van der Waals surface area contributed by atoms with Gasteiger partial charge in [-0.2, -0.15) is 0 Å². The summed E-state index contributed by atoms with van der Waals surface area (Å²) < 4.78 is 25.1. The van der Waals surface area contributed by atoms with Crippen LogP contribution >= 0.6 is 0 Å². The molecule has 18 heavy (non-hydrogen) atoms. The Morgan fingerprint density at radius 1 is 1.50 bits per heavy atom. The molecule has 0 bridgehead atoms. The largest absolute Gasteiger partial charge is 0.379 e. The van der Waals surface area contributed by atoms with Gasteiger partial charge in [0.05, 0.1) is 12.7 Å². The maximum atomic E-state index is 13.8. The second kappa shape index (κ2) is 6.27. The molecule has 3 nitrogen and oxygen atoms in total. The maximum absolute atomic E-state index is 13.8. The van der Waals surface area contributed by atoms with Crippen LogP contribution < -0.4 is 5.73 Å². The third kappa shape index (κ3) is 3.07. The smallest absolute Gasteiger partial charge is 0.129 e. The van der Waals surface area contributed by atoms with E-state index in [9.17, 15) is 4.39 Å². The van der Waals surface area contributed by atoms with Gasteiger partial charge in [-0.05, 0) is 18.9 Å². The zero-order valence-electron chi connectivity index (χ0n) is 10.6. The van der Waals surface area contributed by atoms with Crippen molar-refractivity contribution in [1.82, 2.24) is 0 Å². The number of nitrogens with two attached hydrogens (primary N) is 1. The molecule has 1 saturated heterocycles. The number of benzene rings is 1. The van der Waals surface area contributed by atoms with E-state index in [4.69, 9.17) is 15.2 Å². The summed E-state index contributed by atoms with van der Waals surface area (Å²) in [7, 11) is 0. The topological polar surface area (TPSA) is 44.5 Å². The molecular formula is C14H20FNO2. The molecule has 2 N–H and O–H groups in total. The van der Waals surface area contributed by atoms with E-state index in [1.54, 1.807) is 12.1 Å². The lowest BCUT2D eigenvalue weighted by molar-refractivity contribution is -0.0317. The van der Waals surface area contributed by atoms with Gasteiger partial charge in [0.15, 0.2) is 0 Å². The van der Waals surface area contributed by atoms with E-state index in [0.717, 1.165) is 12.8 Å². The van der Waals surface area contributed by atoms with Gasteiger partial charge < -0.3 is 15.2 Å². The van der Waals surface area contributed by atoms with Crippen LogP contribution in [0.15, 0.2) is 24.3 Å². The zero-order chi connectivity index (χ0) is 13.0. The van der Waals surface area contributed by atoms with Crippen molar-refractivity contribution in [1.29, 1.82) is 0 Å². The number of hydrogen-bond acceptors (Lipinski definition) is 3. The van der Waals surface area contributed by atoms with Crippen molar-refractivity contribution >= 4 is 0 Å². The van der Waals surface area contributed by atoms with Crippen molar-refractivity contribution in [3.8, 4) is 0 Å². The first-order valence-corrected chi connectivity index (χ1v) is 6.45. The Hall–Kier alpha value is -0.970. The Morgan fingerprint density at radius 2 is 2.28 bits per heavy atom. The van der Waals surface area contributed by atoms with E-state index in [1.807, 2.05) is 13.0 Å². The van der Waals surface area contributed by atoms with Gasteiger partial charge in [-0.25, -0.2) is 4.39 Å². The highest BCUT2D eigenvalue weighted by atomic mass is 19.1. The summed E-state index contributed by atoms with van der Waals surface area (Å²) in [5, 5.41) is 0. The molecule has 1 heterocycles. The standard InChI is InChI=1S/C14H20FNO2/c1-2-13(16)14(18-10-7-8-17-9-10)11-5-3-4-6-12(11)15/h3-6,10,13-14H,2,7-9,16H2,1H3. The summed E-state index contributed by atoms with van der Waals surface area (Å²) >= 11 is 0. The van der Waals surface area contributed by atoms with Crippen LogP contribution in [0.25, 0.3) is 0 Å². The number of halogens is 1. The molecule has 1 aliphatic heterocycles. The Morgan fingerprint density at radius 3 is 2.89 bits per heavy atom. The number of ether oxygens (including phenoxy) is 2. The van der Waals surface area contributed by atoms with Crippen molar-refractivity contribution in [2.24, 2.45) is 5.73 Å². The Kier molecular flexibility index (Phi) is 4.69. The van der Waals surface area contributed by atoms with E-state index < -0.39 is 6.10 Å². The van der Waals surface area contributed by atoms with Gasteiger partial charge in [0.25, 0.3) is 0 Å². The first kappa shape index (κ1) is 13.5. The van der Waals surface area contributed by atoms with E-state index in [1.165, 1.54) is 6.07 Å². The van der Waals surface area contributed by atoms with Gasteiger partial charge in [0.1, 0.15) is 11.9 Å². The SMILES string of the molecule is CCC(N)C(OC1CCOC1)c1ccccc1F. The minimum atomic E-state index is -0.400. The van der Waals surface area contributed by atoms with Crippen molar-refractivity contribution in [2.75, 3.05) is 13.2 Å². The monoisotopic (exact) mass is 253 g/mol. The van der Waals surface area contributed by atoms with Crippen LogP contribution in [0.5, 0.6) is 0 Å². The van der Waals surface area contributed by atoms with Crippen molar-refractivity contribution < 1.29 is 13.9 Å². The molecule has 0 spiro atoms. The quantitative estimate of drug-likeness (QED) is 0.876. The molecule has 2 rings (SSSR count).